The molecule has 14 rings (SSSR count). The molecule has 0 radical (unpaired) electrons. The van der Waals surface area contributed by atoms with Gasteiger partial charge in [0, 0.05) is 89.0 Å². The normalized spacial score (nSPS) is 29.3. The first kappa shape index (κ1) is 112. The molecule has 0 aromatic carbocycles. The number of anilines is 4. The van der Waals surface area contributed by atoms with Crippen LogP contribution in [0.2, 0.25) is 0 Å². The van der Waals surface area contributed by atoms with Gasteiger partial charge in [-0.3, -0.25) is 78.6 Å². The van der Waals surface area contributed by atoms with Crippen LogP contribution in [0.15, 0.2) is 78.9 Å². The summed E-state index contributed by atoms with van der Waals surface area (Å²) in [5, 5.41) is 11.8. The number of nitrogen functional groups attached to an aromatic ring is 4. The van der Waals surface area contributed by atoms with Gasteiger partial charge in [-0.15, -0.1) is 0 Å². The fraction of sp³-hybridized carbons (Fsp3) is 0.658. The Balaban J connectivity index is 0.758. The number of nitrogens with one attached hydrogen (secondary N) is 2. The number of hydrogen-bond donors (Lipinski definition) is 12. The van der Waals surface area contributed by atoms with Gasteiger partial charge in [-0.25, -0.2) is 62.8 Å². The number of aryl methyl sites for hydroxylation is 4. The number of methoxy groups -OCH3 is 5. The Hall–Kier alpha value is -7.48. The fourth-order valence-electron chi connectivity index (χ4n) is 16.4. The number of ether oxygens (including phenoxy) is 16. The number of phosphoric acid groups is 2. The van der Waals surface area contributed by atoms with E-state index in [-0.39, 0.29) is 141 Å². The van der Waals surface area contributed by atoms with E-state index in [0.717, 1.165) is 37.1 Å². The molecule has 6 fully saturated rings. The van der Waals surface area contributed by atoms with E-state index in [2.05, 4.69) is 62.1 Å². The molecule has 144 heavy (non-hydrogen) atoms. The predicted octanol–water partition coefficient (Wildman–Crippen LogP) is -0.772. The smallest absolute Gasteiger partial charge is 0.387 e. The summed E-state index contributed by atoms with van der Waals surface area (Å²) >= 11 is 15.7. The summed E-state index contributed by atoms with van der Waals surface area (Å²) in [7, 11) is -4.99. The summed E-state index contributed by atoms with van der Waals surface area (Å²) in [5.41, 5.74) is 20.2. The number of aromatic nitrogens is 16. The Labute approximate surface area is 831 Å². The molecule has 11 unspecified atom stereocenters. The van der Waals surface area contributed by atoms with E-state index in [4.69, 9.17) is 168 Å². The molecule has 6 saturated heterocycles. The molecular formula is C76H111N20O40P5S3. The van der Waals surface area contributed by atoms with Crippen molar-refractivity contribution >= 4 is 117 Å². The number of aliphatic hydroxyl groups is 1. The Morgan fingerprint density at radius 2 is 0.757 bits per heavy atom. The topological polar surface area (TPSA) is 763 Å². The average Bonchev–Trinajstić information content (AvgIpc) is 1.61. The second-order valence-corrected chi connectivity index (χ2v) is 44.4. The van der Waals surface area contributed by atoms with Crippen LogP contribution in [0.4, 0.5) is 23.3 Å². The summed E-state index contributed by atoms with van der Waals surface area (Å²) in [6.07, 6.45) is -27.0. The van der Waals surface area contributed by atoms with Crippen molar-refractivity contribution in [3.05, 3.63) is 135 Å². The lowest BCUT2D eigenvalue weighted by atomic mass is 10.1. The molecule has 8 aromatic heterocycles. The molecule has 6 aliphatic heterocycles. The number of nitrogens with two attached hydrogens (primary N) is 4. The number of aliphatic hydroxyl groups excluding tert-OH is 1. The minimum absolute atomic E-state index is 0.0000204. The predicted molar refractivity (Wildman–Crippen MR) is 503 cm³/mol. The molecule has 8 aromatic rings. The second-order valence-electron chi connectivity index (χ2n) is 33.1. The van der Waals surface area contributed by atoms with Crippen LogP contribution in [-0.2, 0) is 158 Å². The minimum atomic E-state index is -5.91. The number of phosphoric ester groups is 2. The number of hydrogen-bond acceptors (Lipinski definition) is 50. The number of rotatable bonds is 52. The highest BCUT2D eigenvalue weighted by molar-refractivity contribution is 8.44. The van der Waals surface area contributed by atoms with Crippen LogP contribution in [0.25, 0.3) is 22.3 Å². The van der Waals surface area contributed by atoms with Gasteiger partial charge in [0.25, 0.3) is 11.1 Å². The lowest BCUT2D eigenvalue weighted by molar-refractivity contribution is -0.0838. The average molecular weight is 2200 g/mol. The standard InChI is InChI=1S/C76H111N20O40P5S3/c1-11-40-41(22-47(126-40)91-25-38(4)66(98)89-75(91)102)132-139(108,142)124-30-45-52(56(117-18-13-112-7)69(129-45)94-26-39(5)67(99)90-76(94)103)134-137(104,105)121-28-43-51(57(118-19-14-113-8)71(130-43)95-34-85-48-62(79)81-32-83-64(48)95)133-138(106,107)122-29-44-53(58(119-20-15-114-9)70(128-44)93-24-37(3)61(78)88-74(93)101)135-141(110,144)125-31-46-54(59(120-21-16-115-10)72(131-46)96-35-86-49-63(80)82-33-84-65(49)96)136-140(109,143)123-27-42-50(97)55(116-17-12-111-6)68(127-42)92-23-36(2)60(77)87-73(92)100/h23-26,32-35,40-47,50-59,68-72,97H,11-22,27-31H2,1-10H3,(H,104,105)(H,106,107)(H,108,142)(H,109,143)(H,110,144)(H2,77,87,100)(H2,78,88,101)(H2,79,81,83)(H2,80,82,84)(H,89,98,102)(H,90,99,103)/t40-,41?,42-,43-,44-,45-,46-,47-,50?,51?,52?,53?,54?,55+,56+,57+,58+,59+,68-,69-,70-,71-,72-,139?,140?,141?/m1/s1. The molecule has 0 amide bonds. The number of fused-ring (bicyclic) bond motifs is 2. The van der Waals surface area contributed by atoms with Gasteiger partial charge in [-0.2, -0.15) is 9.97 Å². The van der Waals surface area contributed by atoms with Gasteiger partial charge in [-0.1, -0.05) is 19.2 Å². The third-order valence-corrected chi connectivity index (χ3v) is 30.2. The molecular weight excluding hydrogens is 2080 g/mol. The molecule has 798 valence electrons. The molecule has 0 bridgehead atoms. The molecule has 0 saturated carbocycles. The Kier molecular flexibility index (Phi) is 37.9. The van der Waals surface area contributed by atoms with Crippen molar-refractivity contribution in [2.24, 2.45) is 0 Å². The monoisotopic (exact) mass is 2190 g/mol. The SMILES string of the molecule is CC[C@H]1O[C@@H](n2cc(C)c(=O)[nH]c2=O)CC1OP(O)(=S)OC[C@H]1O[C@@H](n2cc(C)c(=O)[nH]c2=O)[C@@H](OCCOC)C1OP(=O)(O)OC[C@H]1O[C@@H](n2cnc3c(N)ncnc32)[C@@H](OCCOC)C1OP(=O)(O)OC[C@H]1O[C@@H](n2cc(C)c(N)nc2=O)[C@@H](OCCOC)C1OP(=O)(S)OC[C@H]1O[C@@H](n2cnc3c(N)ncnc32)[C@@H](OCCOC)C1OP(O)(=S)OC[C@H]1O[C@@H](n2cc(C)c(N)nc2=O)[C@@H](OCCOC)C1O. The first-order chi connectivity index (χ1) is 68.5. The number of imidazole rings is 2. The number of nitrogens with zero attached hydrogens (tertiary/aromatic N) is 14. The van der Waals surface area contributed by atoms with Crippen LogP contribution in [-0.4, -0.2) is 340 Å². The van der Waals surface area contributed by atoms with Crippen LogP contribution in [0.5, 0.6) is 0 Å². The van der Waals surface area contributed by atoms with Crippen molar-refractivity contribution in [2.45, 2.75) is 189 Å². The van der Waals surface area contributed by atoms with Gasteiger partial charge in [0.2, 0.25) is 0 Å². The maximum Gasteiger partial charge on any atom is 0.472 e. The zero-order valence-electron chi connectivity index (χ0n) is 78.5. The van der Waals surface area contributed by atoms with E-state index < -0.39 is 244 Å². The highest BCUT2D eigenvalue weighted by atomic mass is 32.7. The van der Waals surface area contributed by atoms with Crippen molar-refractivity contribution in [1.29, 1.82) is 0 Å². The zero-order chi connectivity index (χ0) is 104. The number of aromatic amines is 2. The molecule has 68 heteroatoms. The van der Waals surface area contributed by atoms with Crippen molar-refractivity contribution < 1.29 is 159 Å². The Bertz CT molecular complexity index is 6440. The molecule has 14 heterocycles. The van der Waals surface area contributed by atoms with Crippen LogP contribution in [0, 0.1) is 27.7 Å². The first-order valence-electron chi connectivity index (χ1n) is 44.1. The molecule has 6 aliphatic rings. The summed E-state index contributed by atoms with van der Waals surface area (Å²) in [5.74, 6) is -0.490. The fourth-order valence-corrected chi connectivity index (χ4v) is 22.7. The Morgan fingerprint density at radius 3 is 1.19 bits per heavy atom. The maximum atomic E-state index is 15.7. The summed E-state index contributed by atoms with van der Waals surface area (Å²) in [6, 6.07) is 0. The van der Waals surface area contributed by atoms with Crippen molar-refractivity contribution in [3.8, 4) is 0 Å². The second kappa shape index (κ2) is 48.6. The van der Waals surface area contributed by atoms with Gasteiger partial charge in [0.1, 0.15) is 133 Å². The van der Waals surface area contributed by atoms with E-state index >= 15 is 13.7 Å². The van der Waals surface area contributed by atoms with Crippen molar-refractivity contribution in [1.82, 2.24) is 77.2 Å². The molecule has 0 spiro atoms. The summed E-state index contributed by atoms with van der Waals surface area (Å²) in [4.78, 5) is 166. The first-order valence-corrected chi connectivity index (χ1v) is 55.0. The van der Waals surface area contributed by atoms with Gasteiger partial charge >= 0.3 is 58.6 Å². The van der Waals surface area contributed by atoms with Crippen LogP contribution < -0.4 is 56.8 Å². The minimum Gasteiger partial charge on any atom is -0.387 e. The van der Waals surface area contributed by atoms with Gasteiger partial charge in [0.05, 0.1) is 124 Å². The van der Waals surface area contributed by atoms with Gasteiger partial charge < -0.3 is 137 Å². The summed E-state index contributed by atoms with van der Waals surface area (Å²) in [6.45, 7) is -13.9. The van der Waals surface area contributed by atoms with E-state index in [1.54, 1.807) is 13.8 Å². The molecule has 28 atom stereocenters. The van der Waals surface area contributed by atoms with E-state index in [1.165, 1.54) is 96.7 Å². The highest BCUT2D eigenvalue weighted by Gasteiger charge is 2.59. The lowest BCUT2D eigenvalue weighted by Crippen LogP contribution is -2.41. The molecule has 15 N–H and O–H groups in total. The van der Waals surface area contributed by atoms with Crippen LogP contribution in [0.1, 0.15) is 79.4 Å². The molecule has 60 nitrogen and oxygen atoms in total. The third-order valence-electron chi connectivity index (χ3n) is 23.4. The van der Waals surface area contributed by atoms with E-state index in [0.29, 0.717) is 5.56 Å². The maximum absolute atomic E-state index is 15.7. The van der Waals surface area contributed by atoms with Gasteiger partial charge in [-0.05, 0) is 57.7 Å². The van der Waals surface area contributed by atoms with Crippen molar-refractivity contribution in [2.75, 3.05) is 158 Å². The third kappa shape index (κ3) is 26.6. The number of H-pyrrole nitrogens is 2. The highest BCUT2D eigenvalue weighted by Crippen LogP contribution is 2.60. The zero-order valence-corrected chi connectivity index (χ0v) is 85.5. The largest absolute Gasteiger partial charge is 0.472 e. The van der Waals surface area contributed by atoms with Crippen LogP contribution >= 0.6 is 48.1 Å². The van der Waals surface area contributed by atoms with Crippen LogP contribution in [0.3, 0.4) is 0 Å². The van der Waals surface area contributed by atoms with E-state index in [1.807, 2.05) is 0 Å². The van der Waals surface area contributed by atoms with Crippen molar-refractivity contribution in [3.63, 3.8) is 0 Å². The quantitative estimate of drug-likeness (QED) is 0.0126. The molecule has 0 aliphatic carbocycles. The Morgan fingerprint density at radius 1 is 0.410 bits per heavy atom. The van der Waals surface area contributed by atoms with E-state index in [9.17, 15) is 53.4 Å². The summed E-state index contributed by atoms with van der Waals surface area (Å²) < 4.78 is 210. The number of thiol groups is 1. The lowest BCUT2D eigenvalue weighted by Gasteiger charge is -2.30. The van der Waals surface area contributed by atoms with Gasteiger partial charge in [0.15, 0.2) is 54.1 Å².